The maximum atomic E-state index is 5.27. The zero-order valence-corrected chi connectivity index (χ0v) is 11.0. The molecule has 0 saturated carbocycles. The zero-order chi connectivity index (χ0) is 12.1. The Morgan fingerprint density at radius 2 is 2.35 bits per heavy atom. The van der Waals surface area contributed by atoms with Crippen LogP contribution in [0.5, 0.6) is 0 Å². The predicted octanol–water partition coefficient (Wildman–Crippen LogP) is 2.73. The van der Waals surface area contributed by atoms with Gasteiger partial charge in [0.1, 0.15) is 0 Å². The van der Waals surface area contributed by atoms with E-state index >= 15 is 0 Å². The van der Waals surface area contributed by atoms with Crippen LogP contribution in [-0.2, 0) is 6.42 Å². The van der Waals surface area contributed by atoms with Crippen LogP contribution in [0.1, 0.15) is 26.2 Å². The number of hydrogen-bond acceptors (Lipinski definition) is 5. The van der Waals surface area contributed by atoms with Gasteiger partial charge < -0.3 is 9.84 Å². The number of hydrogen-bond donors (Lipinski definition) is 1. The molecule has 1 atom stereocenters. The Labute approximate surface area is 105 Å². The molecule has 17 heavy (non-hydrogen) atoms. The molecule has 0 saturated heterocycles. The monoisotopic (exact) mass is 251 g/mol. The van der Waals surface area contributed by atoms with Crippen LogP contribution in [0.2, 0.25) is 0 Å². The fourth-order valence-corrected chi connectivity index (χ4v) is 2.34. The number of likely N-dealkylation sites (N-methyl/N-ethyl adjacent to an activating group) is 1. The highest BCUT2D eigenvalue weighted by Crippen LogP contribution is 2.19. The topological polar surface area (TPSA) is 51.0 Å². The molecule has 0 radical (unpaired) electrons. The summed E-state index contributed by atoms with van der Waals surface area (Å²) in [5, 5.41) is 11.4. The lowest BCUT2D eigenvalue weighted by Gasteiger charge is -2.12. The molecule has 0 fully saturated rings. The first kappa shape index (κ1) is 12.3. The third-order valence-corrected chi connectivity index (χ3v) is 3.34. The molecular weight excluding hydrogens is 234 g/mol. The summed E-state index contributed by atoms with van der Waals surface area (Å²) in [6.45, 7) is 5.22. The van der Waals surface area contributed by atoms with Crippen molar-refractivity contribution in [2.45, 2.75) is 32.7 Å². The second kappa shape index (κ2) is 5.93. The smallest absolute Gasteiger partial charge is 0.228 e. The molecule has 92 valence electrons. The van der Waals surface area contributed by atoms with Crippen LogP contribution in [0.4, 0.5) is 0 Å². The molecule has 4 nitrogen and oxygen atoms in total. The van der Waals surface area contributed by atoms with Crippen molar-refractivity contribution in [3.8, 4) is 11.4 Å². The van der Waals surface area contributed by atoms with Gasteiger partial charge in [-0.3, -0.25) is 0 Å². The predicted molar refractivity (Wildman–Crippen MR) is 69.1 cm³/mol. The van der Waals surface area contributed by atoms with Gasteiger partial charge in [0.05, 0.1) is 0 Å². The van der Waals surface area contributed by atoms with Crippen molar-refractivity contribution in [1.82, 2.24) is 15.5 Å². The molecule has 1 unspecified atom stereocenters. The molecule has 1 N–H and O–H groups in total. The Balaban J connectivity index is 2.03. The molecule has 0 aromatic carbocycles. The fourth-order valence-electron chi connectivity index (χ4n) is 1.71. The van der Waals surface area contributed by atoms with Crippen LogP contribution in [0.25, 0.3) is 11.4 Å². The minimum Gasteiger partial charge on any atom is -0.339 e. The highest BCUT2D eigenvalue weighted by Gasteiger charge is 2.13. The van der Waals surface area contributed by atoms with Gasteiger partial charge in [0.25, 0.3) is 0 Å². The number of thiophene rings is 1. The number of rotatable bonds is 6. The highest BCUT2D eigenvalue weighted by molar-refractivity contribution is 7.08. The molecule has 0 aliphatic heterocycles. The molecular formula is C12H17N3OS. The van der Waals surface area contributed by atoms with Gasteiger partial charge in [-0.15, -0.1) is 0 Å². The minimum absolute atomic E-state index is 0.413. The maximum absolute atomic E-state index is 5.27. The molecule has 2 heterocycles. The Morgan fingerprint density at radius 1 is 1.47 bits per heavy atom. The molecule has 2 aromatic rings. The van der Waals surface area contributed by atoms with Crippen LogP contribution >= 0.6 is 11.3 Å². The van der Waals surface area contributed by atoms with Crippen molar-refractivity contribution in [2.75, 3.05) is 6.54 Å². The van der Waals surface area contributed by atoms with Crippen LogP contribution < -0.4 is 5.32 Å². The quantitative estimate of drug-likeness (QED) is 0.857. The second-order valence-electron chi connectivity index (χ2n) is 3.89. The maximum Gasteiger partial charge on any atom is 0.228 e. The summed E-state index contributed by atoms with van der Waals surface area (Å²) in [5.74, 6) is 1.40. The molecule has 0 spiro atoms. The van der Waals surface area contributed by atoms with Gasteiger partial charge in [-0.25, -0.2) is 0 Å². The van der Waals surface area contributed by atoms with Crippen molar-refractivity contribution < 1.29 is 4.52 Å². The summed E-state index contributed by atoms with van der Waals surface area (Å²) < 4.78 is 5.27. The third-order valence-electron chi connectivity index (χ3n) is 2.65. The summed E-state index contributed by atoms with van der Waals surface area (Å²) >= 11 is 1.64. The van der Waals surface area contributed by atoms with Gasteiger partial charge in [0, 0.05) is 23.4 Å². The van der Waals surface area contributed by atoms with Gasteiger partial charge in [-0.1, -0.05) is 19.0 Å². The minimum atomic E-state index is 0.413. The Bertz CT molecular complexity index is 438. The van der Waals surface area contributed by atoms with Crippen molar-refractivity contribution in [3.05, 3.63) is 22.7 Å². The van der Waals surface area contributed by atoms with E-state index in [1.165, 1.54) is 0 Å². The second-order valence-corrected chi connectivity index (χ2v) is 4.67. The first-order valence-electron chi connectivity index (χ1n) is 5.92. The van der Waals surface area contributed by atoms with Gasteiger partial charge in [-0.2, -0.15) is 16.3 Å². The van der Waals surface area contributed by atoms with E-state index in [1.54, 1.807) is 11.3 Å². The number of aromatic nitrogens is 2. The summed E-state index contributed by atoms with van der Waals surface area (Å²) in [5.41, 5.74) is 1.03. The zero-order valence-electron chi connectivity index (χ0n) is 10.1. The lowest BCUT2D eigenvalue weighted by Crippen LogP contribution is -2.30. The van der Waals surface area contributed by atoms with Gasteiger partial charge >= 0.3 is 0 Å². The van der Waals surface area contributed by atoms with Crippen molar-refractivity contribution in [1.29, 1.82) is 0 Å². The van der Waals surface area contributed by atoms with E-state index in [2.05, 4.69) is 29.3 Å². The molecule has 0 aliphatic rings. The fraction of sp³-hybridized carbons (Fsp3) is 0.500. The highest BCUT2D eigenvalue weighted by atomic mass is 32.1. The number of nitrogens with zero attached hydrogens (tertiary/aromatic N) is 2. The first-order valence-corrected chi connectivity index (χ1v) is 6.86. The Morgan fingerprint density at radius 3 is 3.00 bits per heavy atom. The van der Waals surface area contributed by atoms with Crippen LogP contribution in [-0.4, -0.2) is 22.7 Å². The largest absolute Gasteiger partial charge is 0.339 e. The average molecular weight is 251 g/mol. The van der Waals surface area contributed by atoms with Gasteiger partial charge in [0.15, 0.2) is 0 Å². The summed E-state index contributed by atoms with van der Waals surface area (Å²) in [6, 6.07) is 2.41. The van der Waals surface area contributed by atoms with Crippen molar-refractivity contribution in [3.63, 3.8) is 0 Å². The Hall–Kier alpha value is -1.20. The van der Waals surface area contributed by atoms with E-state index in [9.17, 15) is 0 Å². The average Bonchev–Trinajstić information content (AvgIpc) is 2.98. The van der Waals surface area contributed by atoms with Crippen LogP contribution in [0.3, 0.4) is 0 Å². The lowest BCUT2D eigenvalue weighted by atomic mass is 10.1. The number of nitrogens with one attached hydrogen (secondary N) is 1. The summed E-state index contributed by atoms with van der Waals surface area (Å²) in [7, 11) is 0. The SMILES string of the molecule is CCNC(CC)Cc1nc(-c2ccsc2)no1. The van der Waals surface area contributed by atoms with Crippen molar-refractivity contribution >= 4 is 11.3 Å². The van der Waals surface area contributed by atoms with E-state index in [4.69, 9.17) is 4.52 Å². The first-order chi connectivity index (χ1) is 8.33. The standard InChI is InChI=1S/C12H17N3OS/c1-3-10(13-4-2)7-11-14-12(15-16-11)9-5-6-17-8-9/h5-6,8,10,13H,3-4,7H2,1-2H3. The normalized spacial score (nSPS) is 12.8. The van der Waals surface area contributed by atoms with Crippen molar-refractivity contribution in [2.24, 2.45) is 0 Å². The van der Waals surface area contributed by atoms with E-state index in [0.717, 1.165) is 24.9 Å². The molecule has 0 aliphatic carbocycles. The molecule has 0 amide bonds. The molecule has 2 rings (SSSR count). The van der Waals surface area contributed by atoms with Gasteiger partial charge in [0.2, 0.25) is 11.7 Å². The lowest BCUT2D eigenvalue weighted by molar-refractivity contribution is 0.355. The molecule has 5 heteroatoms. The van der Waals surface area contributed by atoms with Crippen LogP contribution in [0.15, 0.2) is 21.3 Å². The Kier molecular flexibility index (Phi) is 4.28. The summed E-state index contributed by atoms with van der Waals surface area (Å²) in [4.78, 5) is 4.41. The van der Waals surface area contributed by atoms with E-state index in [1.807, 2.05) is 16.8 Å². The van der Waals surface area contributed by atoms with E-state index < -0.39 is 0 Å². The van der Waals surface area contributed by atoms with Crippen LogP contribution in [0, 0.1) is 0 Å². The van der Waals surface area contributed by atoms with E-state index in [0.29, 0.717) is 17.8 Å². The molecule has 0 bridgehead atoms. The van der Waals surface area contributed by atoms with Gasteiger partial charge in [-0.05, 0) is 24.4 Å². The third kappa shape index (κ3) is 3.14. The van der Waals surface area contributed by atoms with E-state index in [-0.39, 0.29) is 0 Å². The molecule has 2 aromatic heterocycles. The summed E-state index contributed by atoms with van der Waals surface area (Å²) in [6.07, 6.45) is 1.85.